The summed E-state index contributed by atoms with van der Waals surface area (Å²) >= 11 is 0. The normalized spacial score (nSPS) is 18.2. The largest absolute Gasteiger partial charge is 0.444 e. The highest BCUT2D eigenvalue weighted by Crippen LogP contribution is 2.29. The summed E-state index contributed by atoms with van der Waals surface area (Å²) in [6.45, 7) is 6.33. The topological polar surface area (TPSA) is 105 Å². The molecule has 30 heavy (non-hydrogen) atoms. The molecule has 2 unspecified atom stereocenters. The minimum absolute atomic E-state index is 0.129. The zero-order chi connectivity index (χ0) is 22.7. The van der Waals surface area contributed by atoms with Crippen LogP contribution in [0.25, 0.3) is 0 Å². The zero-order valence-electron chi connectivity index (χ0n) is 19.6. The van der Waals surface area contributed by atoms with Crippen LogP contribution in [0.15, 0.2) is 11.6 Å². The first-order valence-electron chi connectivity index (χ1n) is 11.3. The van der Waals surface area contributed by atoms with E-state index >= 15 is 0 Å². The Morgan fingerprint density at radius 3 is 2.40 bits per heavy atom. The van der Waals surface area contributed by atoms with E-state index in [4.69, 9.17) is 10.5 Å². The SMILES string of the molecule is CN(C)CCC/C=C(/CC(O)C(CC1CCCCC1)NC(=O)OC(C)(C)C)C(N)=O. The van der Waals surface area contributed by atoms with E-state index in [1.165, 1.54) is 19.3 Å². The maximum Gasteiger partial charge on any atom is 0.407 e. The Morgan fingerprint density at radius 1 is 1.23 bits per heavy atom. The number of aliphatic hydroxyl groups excluding tert-OH is 1. The molecular weight excluding hydrogens is 382 g/mol. The number of nitrogens with zero attached hydrogens (tertiary/aromatic N) is 1. The summed E-state index contributed by atoms with van der Waals surface area (Å²) in [7, 11) is 4.00. The Morgan fingerprint density at radius 2 is 1.87 bits per heavy atom. The highest BCUT2D eigenvalue weighted by Gasteiger charge is 2.29. The van der Waals surface area contributed by atoms with Gasteiger partial charge >= 0.3 is 6.09 Å². The monoisotopic (exact) mass is 425 g/mol. The first-order chi connectivity index (χ1) is 14.0. The van der Waals surface area contributed by atoms with Crippen LogP contribution >= 0.6 is 0 Å². The lowest BCUT2D eigenvalue weighted by Gasteiger charge is -2.31. The molecule has 1 rings (SSSR count). The Hall–Kier alpha value is -1.60. The van der Waals surface area contributed by atoms with Crippen molar-refractivity contribution in [1.29, 1.82) is 0 Å². The van der Waals surface area contributed by atoms with Gasteiger partial charge in [-0.3, -0.25) is 4.79 Å². The van der Waals surface area contributed by atoms with Crippen molar-refractivity contribution in [2.24, 2.45) is 11.7 Å². The fourth-order valence-corrected chi connectivity index (χ4v) is 3.89. The third-order valence-corrected chi connectivity index (χ3v) is 5.42. The summed E-state index contributed by atoms with van der Waals surface area (Å²) in [4.78, 5) is 26.3. The summed E-state index contributed by atoms with van der Waals surface area (Å²) in [5.74, 6) is -0.0676. The first-order valence-corrected chi connectivity index (χ1v) is 11.3. The van der Waals surface area contributed by atoms with Gasteiger partial charge < -0.3 is 25.8 Å². The summed E-state index contributed by atoms with van der Waals surface area (Å²) in [5, 5.41) is 13.8. The standard InChI is InChI=1S/C23H43N3O4/c1-23(2,3)30-22(29)25-19(15-17-11-7-6-8-12-17)20(27)16-18(21(24)28)13-9-10-14-26(4)5/h13,17,19-20,27H,6-12,14-16H2,1-5H3,(H2,24,28)(H,25,29)/b18-13-. The van der Waals surface area contributed by atoms with E-state index in [0.29, 0.717) is 17.9 Å². The van der Waals surface area contributed by atoms with Gasteiger partial charge in [0.25, 0.3) is 0 Å². The Labute approximate surface area is 182 Å². The second kappa shape index (κ2) is 13.0. The number of amides is 2. The maximum absolute atomic E-state index is 12.4. The molecular formula is C23H43N3O4. The number of nitrogens with one attached hydrogen (secondary N) is 1. The molecule has 0 spiro atoms. The Kier molecular flexibility index (Phi) is 11.4. The van der Waals surface area contributed by atoms with Crippen LogP contribution in [0.5, 0.6) is 0 Å². The van der Waals surface area contributed by atoms with Gasteiger partial charge in [0.2, 0.25) is 5.91 Å². The van der Waals surface area contributed by atoms with Crippen molar-refractivity contribution in [2.45, 2.75) is 96.3 Å². The van der Waals surface area contributed by atoms with E-state index < -0.39 is 29.7 Å². The van der Waals surface area contributed by atoms with Crippen molar-refractivity contribution in [3.05, 3.63) is 11.6 Å². The molecule has 2 atom stereocenters. The number of allylic oxidation sites excluding steroid dienone is 1. The number of carbonyl (C=O) groups excluding carboxylic acids is 2. The summed E-state index contributed by atoms with van der Waals surface area (Å²) in [6.07, 6.45) is 8.60. The van der Waals surface area contributed by atoms with Gasteiger partial charge in [-0.05, 0) is 66.6 Å². The van der Waals surface area contributed by atoms with Crippen LogP contribution in [-0.4, -0.2) is 60.4 Å². The van der Waals surface area contributed by atoms with Gasteiger partial charge in [-0.25, -0.2) is 4.79 Å². The molecule has 0 aromatic rings. The molecule has 1 aliphatic carbocycles. The molecule has 0 heterocycles. The molecule has 4 N–H and O–H groups in total. The third-order valence-electron chi connectivity index (χ3n) is 5.42. The quantitative estimate of drug-likeness (QED) is 0.348. The average Bonchev–Trinajstić information content (AvgIpc) is 2.62. The van der Waals surface area contributed by atoms with Crippen molar-refractivity contribution in [2.75, 3.05) is 20.6 Å². The number of ether oxygens (including phenoxy) is 1. The lowest BCUT2D eigenvalue weighted by atomic mass is 9.83. The van der Waals surface area contributed by atoms with Gasteiger partial charge in [-0.15, -0.1) is 0 Å². The van der Waals surface area contributed by atoms with Crippen LogP contribution < -0.4 is 11.1 Å². The lowest BCUT2D eigenvalue weighted by molar-refractivity contribution is -0.115. The number of carbonyl (C=O) groups is 2. The Balaban J connectivity index is 2.81. The minimum Gasteiger partial charge on any atom is -0.444 e. The van der Waals surface area contributed by atoms with Crippen LogP contribution in [0, 0.1) is 5.92 Å². The summed E-state index contributed by atoms with van der Waals surface area (Å²) < 4.78 is 5.39. The summed E-state index contributed by atoms with van der Waals surface area (Å²) in [6, 6.07) is -0.479. The number of alkyl carbamates (subject to hydrolysis) is 1. The zero-order valence-corrected chi connectivity index (χ0v) is 19.6. The van der Waals surface area contributed by atoms with Crippen LogP contribution in [0.4, 0.5) is 4.79 Å². The van der Waals surface area contributed by atoms with Crippen LogP contribution in [0.2, 0.25) is 0 Å². The average molecular weight is 426 g/mol. The molecule has 1 saturated carbocycles. The highest BCUT2D eigenvalue weighted by molar-refractivity contribution is 5.91. The molecule has 0 aromatic carbocycles. The van der Waals surface area contributed by atoms with Gasteiger partial charge in [0.05, 0.1) is 12.1 Å². The maximum atomic E-state index is 12.4. The number of nitrogens with two attached hydrogens (primary N) is 1. The molecule has 7 heteroatoms. The molecule has 7 nitrogen and oxygen atoms in total. The van der Waals surface area contributed by atoms with Crippen molar-refractivity contribution in [1.82, 2.24) is 10.2 Å². The van der Waals surface area contributed by atoms with Crippen LogP contribution in [0.3, 0.4) is 0 Å². The molecule has 1 aliphatic rings. The number of hydrogen-bond donors (Lipinski definition) is 3. The molecule has 2 amide bonds. The van der Waals surface area contributed by atoms with Crippen molar-refractivity contribution in [3.63, 3.8) is 0 Å². The van der Waals surface area contributed by atoms with E-state index in [2.05, 4.69) is 10.2 Å². The first kappa shape index (κ1) is 26.4. The highest BCUT2D eigenvalue weighted by atomic mass is 16.6. The second-order valence-corrected chi connectivity index (χ2v) is 9.80. The Bertz CT molecular complexity index is 563. The number of rotatable bonds is 11. The van der Waals surface area contributed by atoms with Gasteiger partial charge in [0.15, 0.2) is 0 Å². The van der Waals surface area contributed by atoms with Crippen LogP contribution in [-0.2, 0) is 9.53 Å². The van der Waals surface area contributed by atoms with Crippen LogP contribution in [0.1, 0.15) is 78.6 Å². The smallest absolute Gasteiger partial charge is 0.407 e. The van der Waals surface area contributed by atoms with E-state index in [-0.39, 0.29) is 6.42 Å². The van der Waals surface area contributed by atoms with E-state index in [1.54, 1.807) is 20.8 Å². The van der Waals surface area contributed by atoms with E-state index in [0.717, 1.165) is 32.2 Å². The predicted octanol–water partition coefficient (Wildman–Crippen LogP) is 3.35. The van der Waals surface area contributed by atoms with Gasteiger partial charge in [0, 0.05) is 12.0 Å². The predicted molar refractivity (Wildman–Crippen MR) is 120 cm³/mol. The van der Waals surface area contributed by atoms with Crippen molar-refractivity contribution >= 4 is 12.0 Å². The second-order valence-electron chi connectivity index (χ2n) is 9.80. The number of aliphatic hydroxyl groups is 1. The molecule has 0 radical (unpaired) electrons. The van der Waals surface area contributed by atoms with Gasteiger partial charge in [0.1, 0.15) is 5.60 Å². The molecule has 0 bridgehead atoms. The molecule has 0 aliphatic heterocycles. The summed E-state index contributed by atoms with van der Waals surface area (Å²) in [5.41, 5.74) is 5.36. The molecule has 0 aromatic heterocycles. The minimum atomic E-state index is -0.896. The number of unbranched alkanes of at least 4 members (excludes halogenated alkanes) is 1. The number of hydrogen-bond acceptors (Lipinski definition) is 5. The molecule has 174 valence electrons. The third kappa shape index (κ3) is 11.6. The van der Waals surface area contributed by atoms with E-state index in [1.807, 2.05) is 20.2 Å². The lowest BCUT2D eigenvalue weighted by Crippen LogP contribution is -2.47. The number of primary amides is 1. The fraction of sp³-hybridized carbons (Fsp3) is 0.826. The molecule has 0 saturated heterocycles. The fourth-order valence-electron chi connectivity index (χ4n) is 3.89. The van der Waals surface area contributed by atoms with E-state index in [9.17, 15) is 14.7 Å². The van der Waals surface area contributed by atoms with Gasteiger partial charge in [-0.2, -0.15) is 0 Å². The molecule has 1 fully saturated rings. The van der Waals surface area contributed by atoms with Gasteiger partial charge in [-0.1, -0.05) is 38.2 Å². The van der Waals surface area contributed by atoms with Crippen molar-refractivity contribution < 1.29 is 19.4 Å². The van der Waals surface area contributed by atoms with Crippen molar-refractivity contribution in [3.8, 4) is 0 Å².